The first-order valence-electron chi connectivity index (χ1n) is 8.07. The van der Waals surface area contributed by atoms with Crippen LogP contribution >= 0.6 is 0 Å². The molecule has 0 aliphatic carbocycles. The second-order valence-electron chi connectivity index (χ2n) is 6.43. The molecule has 1 aromatic rings. The van der Waals surface area contributed by atoms with E-state index in [2.05, 4.69) is 18.9 Å². The number of hydrogen-bond acceptors (Lipinski definition) is 3. The van der Waals surface area contributed by atoms with E-state index in [-0.39, 0.29) is 17.7 Å². The fraction of sp³-hybridized carbons (Fsp3) is 0.688. The van der Waals surface area contributed by atoms with Gasteiger partial charge in [-0.05, 0) is 38.2 Å². The van der Waals surface area contributed by atoms with Gasteiger partial charge < -0.3 is 10.6 Å². The molecule has 0 radical (unpaired) electrons. The van der Waals surface area contributed by atoms with Gasteiger partial charge in [-0.25, -0.2) is 0 Å². The van der Waals surface area contributed by atoms with Crippen LogP contribution in [0.25, 0.3) is 0 Å². The maximum Gasteiger partial charge on any atom is 0.272 e. The standard InChI is InChI=1S/C16H26N4O2/c1-4-20-14(9-13(18-20)8-11(2)3)16(22)19-7-5-6-12(10-19)15(17)21/h9,11-12H,4-8,10H2,1-3H3,(H2,17,21)/t12-/m0/s1. The van der Waals surface area contributed by atoms with Crippen molar-refractivity contribution in [1.82, 2.24) is 14.7 Å². The summed E-state index contributed by atoms with van der Waals surface area (Å²) in [6.07, 6.45) is 2.44. The van der Waals surface area contributed by atoms with Crippen LogP contribution in [0.15, 0.2) is 6.07 Å². The molecule has 1 aliphatic rings. The Bertz CT molecular complexity index is 550. The van der Waals surface area contributed by atoms with E-state index < -0.39 is 0 Å². The number of hydrogen-bond donors (Lipinski definition) is 1. The Hall–Kier alpha value is -1.85. The molecule has 1 atom stereocenters. The molecule has 122 valence electrons. The van der Waals surface area contributed by atoms with E-state index in [1.54, 1.807) is 9.58 Å². The lowest BCUT2D eigenvalue weighted by molar-refractivity contribution is -0.123. The number of nitrogens with two attached hydrogens (primary N) is 1. The number of aryl methyl sites for hydroxylation is 1. The van der Waals surface area contributed by atoms with Crippen molar-refractivity contribution in [2.24, 2.45) is 17.6 Å². The van der Waals surface area contributed by atoms with Crippen LogP contribution in [0.4, 0.5) is 0 Å². The number of rotatable bonds is 5. The number of nitrogens with zero attached hydrogens (tertiary/aromatic N) is 3. The van der Waals surface area contributed by atoms with Crippen LogP contribution in [0.1, 0.15) is 49.8 Å². The monoisotopic (exact) mass is 306 g/mol. The van der Waals surface area contributed by atoms with Crippen molar-refractivity contribution in [1.29, 1.82) is 0 Å². The predicted molar refractivity (Wildman–Crippen MR) is 84.3 cm³/mol. The van der Waals surface area contributed by atoms with Gasteiger partial charge in [0.25, 0.3) is 5.91 Å². The first-order valence-corrected chi connectivity index (χ1v) is 8.07. The van der Waals surface area contributed by atoms with Gasteiger partial charge in [0.05, 0.1) is 11.6 Å². The normalized spacial score (nSPS) is 18.7. The Morgan fingerprint density at radius 1 is 1.45 bits per heavy atom. The van der Waals surface area contributed by atoms with Crippen LogP contribution in [0.3, 0.4) is 0 Å². The quantitative estimate of drug-likeness (QED) is 0.893. The van der Waals surface area contributed by atoms with Gasteiger partial charge in [0.15, 0.2) is 0 Å². The third kappa shape index (κ3) is 3.67. The van der Waals surface area contributed by atoms with Gasteiger partial charge in [-0.1, -0.05) is 13.8 Å². The van der Waals surface area contributed by atoms with Gasteiger partial charge in [-0.3, -0.25) is 14.3 Å². The highest BCUT2D eigenvalue weighted by Crippen LogP contribution is 2.19. The minimum Gasteiger partial charge on any atom is -0.369 e. The van der Waals surface area contributed by atoms with Crippen molar-refractivity contribution in [2.45, 2.75) is 46.6 Å². The van der Waals surface area contributed by atoms with E-state index in [4.69, 9.17) is 5.73 Å². The molecule has 1 saturated heterocycles. The zero-order valence-corrected chi connectivity index (χ0v) is 13.7. The van der Waals surface area contributed by atoms with Crippen LogP contribution in [-0.2, 0) is 17.8 Å². The summed E-state index contributed by atoms with van der Waals surface area (Å²) in [6, 6.07) is 1.89. The Balaban J connectivity index is 2.17. The largest absolute Gasteiger partial charge is 0.369 e. The van der Waals surface area contributed by atoms with E-state index in [1.807, 2.05) is 13.0 Å². The van der Waals surface area contributed by atoms with Crippen molar-refractivity contribution in [2.75, 3.05) is 13.1 Å². The zero-order chi connectivity index (χ0) is 16.3. The fourth-order valence-electron chi connectivity index (χ4n) is 2.96. The van der Waals surface area contributed by atoms with Crippen molar-refractivity contribution < 1.29 is 9.59 Å². The van der Waals surface area contributed by atoms with E-state index >= 15 is 0 Å². The highest BCUT2D eigenvalue weighted by molar-refractivity contribution is 5.93. The highest BCUT2D eigenvalue weighted by Gasteiger charge is 2.29. The lowest BCUT2D eigenvalue weighted by Crippen LogP contribution is -2.44. The molecule has 22 heavy (non-hydrogen) atoms. The van der Waals surface area contributed by atoms with Crippen LogP contribution < -0.4 is 5.73 Å². The van der Waals surface area contributed by atoms with Gasteiger partial charge >= 0.3 is 0 Å². The summed E-state index contributed by atoms with van der Waals surface area (Å²) in [5.41, 5.74) is 6.95. The van der Waals surface area contributed by atoms with Crippen LogP contribution in [0, 0.1) is 11.8 Å². The SMILES string of the molecule is CCn1nc(CC(C)C)cc1C(=O)N1CCC[C@H](C(N)=O)C1. The first-order chi connectivity index (χ1) is 10.4. The summed E-state index contributed by atoms with van der Waals surface area (Å²) in [4.78, 5) is 25.9. The summed E-state index contributed by atoms with van der Waals surface area (Å²) in [7, 11) is 0. The van der Waals surface area contributed by atoms with Gasteiger partial charge in [0.1, 0.15) is 5.69 Å². The molecule has 0 saturated carbocycles. The minimum absolute atomic E-state index is 0.0460. The number of aromatic nitrogens is 2. The molecule has 0 spiro atoms. The second kappa shape index (κ2) is 6.94. The Labute approximate surface area is 131 Å². The molecular weight excluding hydrogens is 280 g/mol. The number of piperidine rings is 1. The van der Waals surface area contributed by atoms with Gasteiger partial charge in [0.2, 0.25) is 5.91 Å². The summed E-state index contributed by atoms with van der Waals surface area (Å²) < 4.78 is 1.76. The molecule has 1 aromatic heterocycles. The average Bonchev–Trinajstić information content (AvgIpc) is 2.88. The highest BCUT2D eigenvalue weighted by atomic mass is 16.2. The fourth-order valence-corrected chi connectivity index (χ4v) is 2.96. The van der Waals surface area contributed by atoms with E-state index in [0.29, 0.717) is 31.2 Å². The third-order valence-corrected chi connectivity index (χ3v) is 4.08. The Morgan fingerprint density at radius 2 is 2.18 bits per heavy atom. The van der Waals surface area contributed by atoms with Crippen molar-refractivity contribution in [3.05, 3.63) is 17.5 Å². The molecule has 2 amide bonds. The molecule has 2 N–H and O–H groups in total. The lowest BCUT2D eigenvalue weighted by Gasteiger charge is -2.31. The van der Waals surface area contributed by atoms with Gasteiger partial charge in [0, 0.05) is 19.6 Å². The maximum atomic E-state index is 12.8. The molecular formula is C16H26N4O2. The smallest absolute Gasteiger partial charge is 0.272 e. The Kier molecular flexibility index (Phi) is 5.21. The summed E-state index contributed by atoms with van der Waals surface area (Å²) >= 11 is 0. The number of carbonyl (C=O) groups excluding carboxylic acids is 2. The van der Waals surface area contributed by atoms with E-state index in [9.17, 15) is 9.59 Å². The van der Waals surface area contributed by atoms with Crippen LogP contribution in [-0.4, -0.2) is 39.6 Å². The van der Waals surface area contributed by atoms with Crippen LogP contribution in [0.5, 0.6) is 0 Å². The average molecular weight is 306 g/mol. The molecule has 6 heteroatoms. The molecule has 2 rings (SSSR count). The van der Waals surface area contributed by atoms with Gasteiger partial charge in [-0.2, -0.15) is 5.10 Å². The molecule has 1 aliphatic heterocycles. The van der Waals surface area contributed by atoms with Crippen LogP contribution in [0.2, 0.25) is 0 Å². The summed E-state index contributed by atoms with van der Waals surface area (Å²) in [6.45, 7) is 8.00. The molecule has 1 fully saturated rings. The molecule has 6 nitrogen and oxygen atoms in total. The van der Waals surface area contributed by atoms with E-state index in [1.165, 1.54) is 0 Å². The predicted octanol–water partition coefficient (Wildman–Crippen LogP) is 1.44. The molecule has 0 unspecified atom stereocenters. The molecule has 0 aromatic carbocycles. The number of carbonyl (C=O) groups is 2. The number of primary amides is 1. The third-order valence-electron chi connectivity index (χ3n) is 4.08. The molecule has 2 heterocycles. The van der Waals surface area contributed by atoms with E-state index in [0.717, 1.165) is 25.0 Å². The minimum atomic E-state index is -0.318. The topological polar surface area (TPSA) is 81.2 Å². The number of amides is 2. The van der Waals surface area contributed by atoms with Crippen molar-refractivity contribution in [3.8, 4) is 0 Å². The van der Waals surface area contributed by atoms with Crippen molar-refractivity contribution in [3.63, 3.8) is 0 Å². The van der Waals surface area contributed by atoms with Gasteiger partial charge in [-0.15, -0.1) is 0 Å². The first kappa shape index (κ1) is 16.5. The zero-order valence-electron chi connectivity index (χ0n) is 13.7. The Morgan fingerprint density at radius 3 is 2.77 bits per heavy atom. The second-order valence-corrected chi connectivity index (χ2v) is 6.43. The summed E-state index contributed by atoms with van der Waals surface area (Å²) in [5.74, 6) is -0.0967. The maximum absolute atomic E-state index is 12.8. The number of likely N-dealkylation sites (tertiary alicyclic amines) is 1. The summed E-state index contributed by atoms with van der Waals surface area (Å²) in [5, 5.41) is 4.52. The molecule has 0 bridgehead atoms. The lowest BCUT2D eigenvalue weighted by atomic mass is 9.97. The van der Waals surface area contributed by atoms with Crippen molar-refractivity contribution >= 4 is 11.8 Å².